The van der Waals surface area contributed by atoms with Gasteiger partial charge < -0.3 is 15.2 Å². The summed E-state index contributed by atoms with van der Waals surface area (Å²) in [5.41, 5.74) is 5.32. The van der Waals surface area contributed by atoms with Crippen LogP contribution in [-0.2, 0) is 23.4 Å². The van der Waals surface area contributed by atoms with Crippen LogP contribution in [0.25, 0.3) is 0 Å². The van der Waals surface area contributed by atoms with Crippen molar-refractivity contribution < 1.29 is 23.4 Å². The molecule has 1 aliphatic rings. The topological polar surface area (TPSA) is 87.8 Å². The Morgan fingerprint density at radius 2 is 2.22 bits per heavy atom. The summed E-state index contributed by atoms with van der Waals surface area (Å²) >= 11 is 0. The molecular weight excluding hydrogens is 316 g/mol. The highest BCUT2D eigenvalue weighted by Crippen LogP contribution is 2.45. The Bertz CT molecular complexity index is 474. The van der Waals surface area contributed by atoms with Crippen LogP contribution >= 0.6 is 8.03 Å². The molecule has 1 aliphatic heterocycles. The number of carbonyl (C=O) groups is 1. The molecule has 2 N–H and O–H groups in total. The zero-order valence-corrected chi connectivity index (χ0v) is 15.0. The Kier molecular flexibility index (Phi) is 8.21. The minimum absolute atomic E-state index is 0.114. The lowest BCUT2D eigenvalue weighted by Gasteiger charge is -2.21. The van der Waals surface area contributed by atoms with Crippen LogP contribution in [0.5, 0.6) is 0 Å². The second kappa shape index (κ2) is 9.39. The van der Waals surface area contributed by atoms with E-state index in [2.05, 4.69) is 11.7 Å². The molecule has 127 valence electrons. The maximum atomic E-state index is 12.3. The highest BCUT2D eigenvalue weighted by Gasteiger charge is 2.49. The molecule has 4 atom stereocenters. The molecule has 6 nitrogen and oxygen atoms in total. The van der Waals surface area contributed by atoms with Crippen molar-refractivity contribution in [3.63, 3.8) is 0 Å². The van der Waals surface area contributed by atoms with Crippen LogP contribution in [0.2, 0.25) is 0 Å². The van der Waals surface area contributed by atoms with E-state index >= 15 is 0 Å². The van der Waals surface area contributed by atoms with Crippen LogP contribution in [0.4, 0.5) is 0 Å². The second-order valence-corrected chi connectivity index (χ2v) is 8.27. The van der Waals surface area contributed by atoms with Gasteiger partial charge in [0.15, 0.2) is 5.16 Å². The monoisotopic (exact) mass is 341 g/mol. The quantitative estimate of drug-likeness (QED) is 0.312. The van der Waals surface area contributed by atoms with Crippen molar-refractivity contribution in [3.05, 3.63) is 0 Å². The fourth-order valence-electron chi connectivity index (χ4n) is 2.36. The standard InChI is InChI=1S/C15H25BNO5P/c1-11(2)22-23(19)15(3,4)9-13-12(20-10-18)8-14(21-13)16-6-5-7-17/h10-14H,7-9,17H2,1-4H3/q+1/t12?,13-,14-/m1/s1. The molecule has 1 saturated heterocycles. The van der Waals surface area contributed by atoms with E-state index < -0.39 is 13.2 Å². The molecule has 0 bridgehead atoms. The minimum atomic E-state index is -1.86. The van der Waals surface area contributed by atoms with Crippen molar-refractivity contribution in [3.8, 4) is 11.7 Å². The van der Waals surface area contributed by atoms with Gasteiger partial charge in [0.05, 0.1) is 12.6 Å². The van der Waals surface area contributed by atoms with Gasteiger partial charge in [0.25, 0.3) is 13.8 Å². The molecule has 1 heterocycles. The van der Waals surface area contributed by atoms with Crippen LogP contribution in [0.1, 0.15) is 40.5 Å². The first kappa shape index (κ1) is 20.1. The first-order chi connectivity index (χ1) is 10.8. The lowest BCUT2D eigenvalue weighted by molar-refractivity contribution is -0.136. The average molecular weight is 341 g/mol. The van der Waals surface area contributed by atoms with E-state index in [-0.39, 0.29) is 30.9 Å². The summed E-state index contributed by atoms with van der Waals surface area (Å²) in [5, 5.41) is -0.591. The molecule has 1 fully saturated rings. The van der Waals surface area contributed by atoms with E-state index in [0.717, 1.165) is 0 Å². The van der Waals surface area contributed by atoms with Gasteiger partial charge in [-0.05, 0) is 32.3 Å². The average Bonchev–Trinajstić information content (AvgIpc) is 2.80. The Hall–Kier alpha value is -0.925. The van der Waals surface area contributed by atoms with Crippen LogP contribution in [-0.4, -0.2) is 49.8 Å². The predicted octanol–water partition coefficient (Wildman–Crippen LogP) is 1.60. The summed E-state index contributed by atoms with van der Waals surface area (Å²) < 4.78 is 28.8. The molecule has 0 saturated carbocycles. The Balaban J connectivity index is 2.70. The molecule has 2 unspecified atom stereocenters. The first-order valence-electron chi connectivity index (χ1n) is 7.70. The number of rotatable bonds is 8. The SMILES string of the molecule is CC(C)O[P+](=O)C(C)(C)C[C@H]1O[C@@H]([B]C#CCN)CC1OC=O. The third-order valence-corrected chi connectivity index (χ3v) is 5.22. The highest BCUT2D eigenvalue weighted by molar-refractivity contribution is 7.41. The Morgan fingerprint density at radius 3 is 2.78 bits per heavy atom. The third-order valence-electron chi connectivity index (χ3n) is 3.43. The summed E-state index contributed by atoms with van der Waals surface area (Å²) in [4.78, 5) is 10.7. The fraction of sp³-hybridized carbons (Fsp3) is 0.800. The molecule has 1 radical (unpaired) electrons. The smallest absolute Gasteiger partial charge is 0.462 e. The molecule has 0 spiro atoms. The third kappa shape index (κ3) is 6.60. The Labute approximate surface area is 139 Å². The summed E-state index contributed by atoms with van der Waals surface area (Å²) in [7, 11) is -0.150. The van der Waals surface area contributed by atoms with Crippen LogP contribution < -0.4 is 5.73 Å². The van der Waals surface area contributed by atoms with Gasteiger partial charge in [0, 0.05) is 18.8 Å². The van der Waals surface area contributed by atoms with Gasteiger partial charge in [-0.25, -0.2) is 0 Å². The lowest BCUT2D eigenvalue weighted by atomic mass is 9.71. The molecule has 0 amide bonds. The van der Waals surface area contributed by atoms with Crippen LogP contribution in [0, 0.1) is 11.7 Å². The predicted molar refractivity (Wildman–Crippen MR) is 89.3 cm³/mol. The van der Waals surface area contributed by atoms with Gasteiger partial charge in [-0.2, -0.15) is 5.82 Å². The molecular formula is C15H25BNO5P+. The van der Waals surface area contributed by atoms with Crippen molar-refractivity contribution >= 4 is 21.8 Å². The zero-order chi connectivity index (χ0) is 17.5. The van der Waals surface area contributed by atoms with Crippen molar-refractivity contribution in [1.82, 2.24) is 0 Å². The van der Waals surface area contributed by atoms with Crippen LogP contribution in [0.15, 0.2) is 0 Å². The molecule has 8 heteroatoms. The number of hydrogen-bond acceptors (Lipinski definition) is 6. The highest BCUT2D eigenvalue weighted by atomic mass is 31.1. The number of hydrogen-bond donors (Lipinski definition) is 1. The zero-order valence-electron chi connectivity index (χ0n) is 14.2. The Morgan fingerprint density at radius 1 is 1.52 bits per heavy atom. The summed E-state index contributed by atoms with van der Waals surface area (Å²) in [6, 6.07) is -0.233. The number of nitrogens with two attached hydrogens (primary N) is 1. The van der Waals surface area contributed by atoms with Crippen molar-refractivity contribution in [1.29, 1.82) is 0 Å². The summed E-state index contributed by atoms with van der Waals surface area (Å²) in [6.45, 7) is 8.11. The van der Waals surface area contributed by atoms with Gasteiger partial charge >= 0.3 is 8.03 Å². The van der Waals surface area contributed by atoms with Crippen molar-refractivity contribution in [2.75, 3.05) is 6.54 Å². The molecule has 0 aromatic heterocycles. The van der Waals surface area contributed by atoms with Gasteiger partial charge in [0.2, 0.25) is 0 Å². The minimum Gasteiger partial charge on any atom is -0.462 e. The van der Waals surface area contributed by atoms with Crippen LogP contribution in [0.3, 0.4) is 0 Å². The molecule has 0 aromatic rings. The first-order valence-corrected chi connectivity index (χ1v) is 8.88. The maximum Gasteiger partial charge on any atom is 0.514 e. The second-order valence-electron chi connectivity index (χ2n) is 6.34. The maximum absolute atomic E-state index is 12.3. The van der Waals surface area contributed by atoms with Gasteiger partial charge in [-0.3, -0.25) is 4.79 Å². The number of ether oxygens (including phenoxy) is 2. The number of carbonyl (C=O) groups excluding carboxylic acids is 1. The van der Waals surface area contributed by atoms with Gasteiger partial charge in [-0.15, -0.1) is 10.4 Å². The lowest BCUT2D eigenvalue weighted by Crippen LogP contribution is -2.32. The molecule has 0 aliphatic carbocycles. The van der Waals surface area contributed by atoms with E-state index in [4.69, 9.17) is 19.7 Å². The van der Waals surface area contributed by atoms with Crippen molar-refractivity contribution in [2.24, 2.45) is 5.73 Å². The molecule has 0 aromatic carbocycles. The van der Waals surface area contributed by atoms with Gasteiger partial charge in [0.1, 0.15) is 12.2 Å². The van der Waals surface area contributed by atoms with Gasteiger partial charge in [-0.1, -0.05) is 0 Å². The normalized spacial score (nSPS) is 24.8. The van der Waals surface area contributed by atoms with E-state index in [1.807, 2.05) is 27.7 Å². The summed E-state index contributed by atoms with van der Waals surface area (Å²) in [6.07, 6.45) is 0.154. The van der Waals surface area contributed by atoms with Crippen molar-refractivity contribution in [2.45, 2.75) is 70.0 Å². The molecule has 1 rings (SSSR count). The van der Waals surface area contributed by atoms with E-state index in [0.29, 0.717) is 19.3 Å². The summed E-state index contributed by atoms with van der Waals surface area (Å²) in [5.74, 6) is 5.56. The largest absolute Gasteiger partial charge is 0.514 e. The van der Waals surface area contributed by atoms with E-state index in [9.17, 15) is 9.36 Å². The van der Waals surface area contributed by atoms with E-state index in [1.165, 1.54) is 0 Å². The molecule has 23 heavy (non-hydrogen) atoms. The fourth-order valence-corrected chi connectivity index (χ4v) is 3.36. The van der Waals surface area contributed by atoms with E-state index in [1.54, 1.807) is 7.28 Å².